The molecule has 3 rings (SSSR count). The molecule has 2 aromatic carbocycles. The highest BCUT2D eigenvalue weighted by atomic mass is 32.2. The molecule has 1 aliphatic heterocycles. The Kier molecular flexibility index (Phi) is 6.26. The molecule has 0 atom stereocenters. The van der Waals surface area contributed by atoms with Crippen LogP contribution in [0.25, 0.3) is 11.1 Å². The van der Waals surface area contributed by atoms with Crippen molar-refractivity contribution < 1.29 is 17.9 Å². The van der Waals surface area contributed by atoms with E-state index in [9.17, 15) is 13.2 Å². The van der Waals surface area contributed by atoms with Crippen LogP contribution in [0.2, 0.25) is 0 Å². The Labute approximate surface area is 160 Å². The SMILES string of the molecule is COCCS(=O)(=O)N1CCN(C(=O)c2cccc(-c3ccccc3)c2)CC1. The predicted octanol–water partition coefficient (Wildman–Crippen LogP) is 2.09. The van der Waals surface area contributed by atoms with Crippen LogP contribution >= 0.6 is 0 Å². The molecule has 0 bridgehead atoms. The zero-order valence-corrected chi connectivity index (χ0v) is 16.2. The van der Waals surface area contributed by atoms with Crippen LogP contribution in [0.3, 0.4) is 0 Å². The first-order valence-corrected chi connectivity index (χ1v) is 10.5. The lowest BCUT2D eigenvalue weighted by Gasteiger charge is -2.34. The number of sulfonamides is 1. The van der Waals surface area contributed by atoms with Gasteiger partial charge in [0.25, 0.3) is 5.91 Å². The molecule has 0 radical (unpaired) electrons. The second kappa shape index (κ2) is 8.65. The van der Waals surface area contributed by atoms with Crippen LogP contribution in [-0.2, 0) is 14.8 Å². The second-order valence-corrected chi connectivity index (χ2v) is 8.54. The summed E-state index contributed by atoms with van der Waals surface area (Å²) in [5.41, 5.74) is 2.66. The highest BCUT2D eigenvalue weighted by Gasteiger charge is 2.29. The molecule has 1 aliphatic rings. The molecular weight excluding hydrogens is 364 g/mol. The number of piperazine rings is 1. The van der Waals surface area contributed by atoms with Gasteiger partial charge in [0, 0.05) is 38.9 Å². The van der Waals surface area contributed by atoms with Gasteiger partial charge in [-0.1, -0.05) is 42.5 Å². The van der Waals surface area contributed by atoms with Crippen molar-refractivity contribution >= 4 is 15.9 Å². The van der Waals surface area contributed by atoms with Gasteiger partial charge in [-0.3, -0.25) is 4.79 Å². The second-order valence-electron chi connectivity index (χ2n) is 6.45. The maximum Gasteiger partial charge on any atom is 0.253 e. The van der Waals surface area contributed by atoms with Crippen molar-refractivity contribution in [1.29, 1.82) is 0 Å². The lowest BCUT2D eigenvalue weighted by Crippen LogP contribution is -2.51. The van der Waals surface area contributed by atoms with Gasteiger partial charge in [0.05, 0.1) is 12.4 Å². The van der Waals surface area contributed by atoms with Crippen LogP contribution in [-0.4, -0.2) is 69.2 Å². The molecule has 1 fully saturated rings. The van der Waals surface area contributed by atoms with E-state index in [1.54, 1.807) is 11.0 Å². The molecule has 0 spiro atoms. The number of nitrogens with zero attached hydrogens (tertiary/aromatic N) is 2. The summed E-state index contributed by atoms with van der Waals surface area (Å²) in [7, 11) is -1.85. The van der Waals surface area contributed by atoms with Crippen LogP contribution in [0.4, 0.5) is 0 Å². The largest absolute Gasteiger partial charge is 0.384 e. The molecule has 6 nitrogen and oxygen atoms in total. The number of methoxy groups -OCH3 is 1. The van der Waals surface area contributed by atoms with Crippen molar-refractivity contribution in [3.05, 3.63) is 60.2 Å². The molecule has 0 N–H and O–H groups in total. The van der Waals surface area contributed by atoms with Gasteiger partial charge in [0.2, 0.25) is 10.0 Å². The normalized spacial score (nSPS) is 15.7. The average Bonchev–Trinajstić information content (AvgIpc) is 2.72. The Morgan fingerprint density at radius 2 is 1.63 bits per heavy atom. The number of amides is 1. The first kappa shape index (κ1) is 19.5. The summed E-state index contributed by atoms with van der Waals surface area (Å²) in [5, 5.41) is 0. The molecule has 27 heavy (non-hydrogen) atoms. The average molecular weight is 388 g/mol. The number of benzene rings is 2. The topological polar surface area (TPSA) is 66.9 Å². The van der Waals surface area contributed by atoms with E-state index >= 15 is 0 Å². The molecule has 0 aromatic heterocycles. The van der Waals surface area contributed by atoms with E-state index in [4.69, 9.17) is 4.74 Å². The molecule has 0 unspecified atom stereocenters. The van der Waals surface area contributed by atoms with E-state index < -0.39 is 10.0 Å². The van der Waals surface area contributed by atoms with Crippen molar-refractivity contribution in [1.82, 2.24) is 9.21 Å². The van der Waals surface area contributed by atoms with E-state index in [1.165, 1.54) is 11.4 Å². The fraction of sp³-hybridized carbons (Fsp3) is 0.350. The summed E-state index contributed by atoms with van der Waals surface area (Å²) < 4.78 is 30.8. The maximum atomic E-state index is 12.8. The van der Waals surface area contributed by atoms with Crippen LogP contribution in [0.15, 0.2) is 54.6 Å². The summed E-state index contributed by atoms with van der Waals surface area (Å²) in [6.07, 6.45) is 0. The van der Waals surface area contributed by atoms with E-state index in [0.717, 1.165) is 11.1 Å². The van der Waals surface area contributed by atoms with Crippen molar-refractivity contribution in [3.63, 3.8) is 0 Å². The van der Waals surface area contributed by atoms with Gasteiger partial charge in [-0.05, 0) is 23.3 Å². The van der Waals surface area contributed by atoms with E-state index in [0.29, 0.717) is 31.7 Å². The molecular formula is C20H24N2O4S. The lowest BCUT2D eigenvalue weighted by atomic mass is 10.0. The molecule has 7 heteroatoms. The van der Waals surface area contributed by atoms with Gasteiger partial charge < -0.3 is 9.64 Å². The number of hydrogen-bond acceptors (Lipinski definition) is 4. The van der Waals surface area contributed by atoms with E-state index in [1.807, 2.05) is 48.5 Å². The third kappa shape index (κ3) is 4.74. The van der Waals surface area contributed by atoms with Crippen molar-refractivity contribution in [2.24, 2.45) is 0 Å². The van der Waals surface area contributed by atoms with Gasteiger partial charge in [-0.2, -0.15) is 4.31 Å². The molecule has 2 aromatic rings. The Bertz CT molecular complexity index is 876. The van der Waals surface area contributed by atoms with Gasteiger partial charge >= 0.3 is 0 Å². The molecule has 0 aliphatic carbocycles. The monoisotopic (exact) mass is 388 g/mol. The Hall–Kier alpha value is -2.22. The number of ether oxygens (including phenoxy) is 1. The Balaban J connectivity index is 1.66. The van der Waals surface area contributed by atoms with Crippen LogP contribution in [0.1, 0.15) is 10.4 Å². The minimum Gasteiger partial charge on any atom is -0.384 e. The number of rotatable bonds is 6. The van der Waals surface area contributed by atoms with E-state index in [-0.39, 0.29) is 18.3 Å². The zero-order valence-electron chi connectivity index (χ0n) is 15.4. The van der Waals surface area contributed by atoms with Crippen molar-refractivity contribution in [2.45, 2.75) is 0 Å². The number of carbonyl (C=O) groups is 1. The highest BCUT2D eigenvalue weighted by Crippen LogP contribution is 2.21. The van der Waals surface area contributed by atoms with Crippen molar-refractivity contribution in [2.75, 3.05) is 45.6 Å². The maximum absolute atomic E-state index is 12.8. The Morgan fingerprint density at radius 1 is 0.963 bits per heavy atom. The van der Waals surface area contributed by atoms with Gasteiger partial charge in [0.15, 0.2) is 0 Å². The predicted molar refractivity (Wildman–Crippen MR) is 105 cm³/mol. The van der Waals surface area contributed by atoms with Gasteiger partial charge in [-0.15, -0.1) is 0 Å². The summed E-state index contributed by atoms with van der Waals surface area (Å²) >= 11 is 0. The van der Waals surface area contributed by atoms with Crippen LogP contribution in [0.5, 0.6) is 0 Å². The quantitative estimate of drug-likeness (QED) is 0.760. The standard InChI is InChI=1S/C20H24N2O4S/c1-26-14-15-27(24,25)22-12-10-21(11-13-22)20(23)19-9-5-8-18(16-19)17-6-3-2-4-7-17/h2-9,16H,10-15H2,1H3. The minimum atomic E-state index is -3.33. The van der Waals surface area contributed by atoms with Crippen LogP contribution in [0, 0.1) is 0 Å². The molecule has 1 saturated heterocycles. The van der Waals surface area contributed by atoms with Crippen molar-refractivity contribution in [3.8, 4) is 11.1 Å². The third-order valence-corrected chi connectivity index (χ3v) is 6.52. The summed E-state index contributed by atoms with van der Waals surface area (Å²) in [6.45, 7) is 1.58. The molecule has 1 heterocycles. The third-order valence-electron chi connectivity index (χ3n) is 4.68. The van der Waals surface area contributed by atoms with Gasteiger partial charge in [-0.25, -0.2) is 8.42 Å². The summed E-state index contributed by atoms with van der Waals surface area (Å²) in [6, 6.07) is 17.4. The fourth-order valence-corrected chi connectivity index (χ4v) is 4.49. The van der Waals surface area contributed by atoms with Crippen LogP contribution < -0.4 is 0 Å². The lowest BCUT2D eigenvalue weighted by molar-refractivity contribution is 0.0697. The summed E-state index contributed by atoms with van der Waals surface area (Å²) in [5.74, 6) is -0.0990. The summed E-state index contributed by atoms with van der Waals surface area (Å²) in [4.78, 5) is 14.6. The molecule has 144 valence electrons. The zero-order chi connectivity index (χ0) is 19.3. The molecule has 0 saturated carbocycles. The number of carbonyl (C=O) groups excluding carboxylic acids is 1. The minimum absolute atomic E-state index is 0.0312. The van der Waals surface area contributed by atoms with E-state index in [2.05, 4.69) is 0 Å². The number of hydrogen-bond donors (Lipinski definition) is 0. The van der Waals surface area contributed by atoms with Gasteiger partial charge in [0.1, 0.15) is 0 Å². The first-order valence-electron chi connectivity index (χ1n) is 8.93. The first-order chi connectivity index (χ1) is 13.0. The fourth-order valence-electron chi connectivity index (χ4n) is 3.13. The molecule has 1 amide bonds. The Morgan fingerprint density at radius 3 is 2.30 bits per heavy atom. The smallest absolute Gasteiger partial charge is 0.253 e. The highest BCUT2D eigenvalue weighted by molar-refractivity contribution is 7.89.